The number of carbonyl (C=O) groups is 1. The number of hydroxylamine groups is 1. The van der Waals surface area contributed by atoms with E-state index in [0.717, 1.165) is 31.6 Å². The van der Waals surface area contributed by atoms with Crippen LogP contribution in [-0.2, 0) is 9.63 Å². The number of likely N-dealkylation sites (tertiary alicyclic amines) is 1. The average molecular weight is 365 g/mol. The van der Waals surface area contributed by atoms with Crippen LogP contribution in [0, 0.1) is 0 Å². The van der Waals surface area contributed by atoms with Crippen molar-refractivity contribution in [3.63, 3.8) is 0 Å². The summed E-state index contributed by atoms with van der Waals surface area (Å²) in [5.41, 5.74) is 7.19. The molecule has 0 radical (unpaired) electrons. The Morgan fingerprint density at radius 2 is 2.04 bits per heavy atom. The van der Waals surface area contributed by atoms with Crippen molar-refractivity contribution in [2.75, 3.05) is 25.2 Å². The summed E-state index contributed by atoms with van der Waals surface area (Å²) in [6, 6.07) is 7.55. The Balaban J connectivity index is 2.02. The number of likely N-dealkylation sites (N-methyl/N-ethyl adjacent to an activating group) is 1. The van der Waals surface area contributed by atoms with Gasteiger partial charge in [-0.1, -0.05) is 24.9 Å². The Morgan fingerprint density at radius 3 is 2.64 bits per heavy atom. The van der Waals surface area contributed by atoms with Gasteiger partial charge in [-0.3, -0.25) is 19.5 Å². The number of nitrogens with zero attached hydrogens (tertiary/aromatic N) is 3. The number of benzene rings is 1. The Hall–Kier alpha value is -1.76. The molecule has 0 aliphatic carbocycles. The highest BCUT2D eigenvalue weighted by molar-refractivity contribution is 6.30. The molecule has 7 heteroatoms. The third-order valence-corrected chi connectivity index (χ3v) is 5.29. The fourth-order valence-corrected chi connectivity index (χ4v) is 3.99. The number of halogens is 1. The van der Waals surface area contributed by atoms with Gasteiger partial charge < -0.3 is 5.73 Å². The first-order valence-corrected chi connectivity index (χ1v) is 9.08. The Kier molecular flexibility index (Phi) is 5.51. The van der Waals surface area contributed by atoms with Crippen LogP contribution in [0.1, 0.15) is 26.2 Å². The van der Waals surface area contributed by atoms with E-state index in [2.05, 4.69) is 11.8 Å². The van der Waals surface area contributed by atoms with Crippen LogP contribution in [0.15, 0.2) is 36.0 Å². The van der Waals surface area contributed by atoms with E-state index in [4.69, 9.17) is 22.2 Å². The smallest absolute Gasteiger partial charge is 0.248 e. The van der Waals surface area contributed by atoms with E-state index < -0.39 is 5.91 Å². The molecule has 1 aromatic rings. The molecule has 2 aliphatic heterocycles. The molecule has 0 spiro atoms. The number of anilines is 1. The van der Waals surface area contributed by atoms with Crippen LogP contribution in [-0.4, -0.2) is 48.3 Å². The molecule has 1 saturated heterocycles. The van der Waals surface area contributed by atoms with Crippen molar-refractivity contribution in [3.8, 4) is 0 Å². The van der Waals surface area contributed by atoms with Gasteiger partial charge in [0.05, 0.1) is 24.6 Å². The molecule has 2 unspecified atom stereocenters. The zero-order valence-corrected chi connectivity index (χ0v) is 15.4. The quantitative estimate of drug-likeness (QED) is 0.870. The van der Waals surface area contributed by atoms with Gasteiger partial charge in [0.15, 0.2) is 0 Å². The monoisotopic (exact) mass is 364 g/mol. The SMILES string of the molecule is CCN1CCCCC1C1C(C(N)=O)=CN(OC)N1c1ccc(Cl)cc1. The molecule has 0 aromatic heterocycles. The molecule has 2 heterocycles. The number of carbonyl (C=O) groups excluding carboxylic acids is 1. The van der Waals surface area contributed by atoms with E-state index in [1.54, 1.807) is 18.5 Å². The van der Waals surface area contributed by atoms with Crippen LogP contribution < -0.4 is 10.7 Å². The van der Waals surface area contributed by atoms with Crippen molar-refractivity contribution in [3.05, 3.63) is 41.1 Å². The largest absolute Gasteiger partial charge is 0.366 e. The van der Waals surface area contributed by atoms with E-state index in [9.17, 15) is 4.79 Å². The van der Waals surface area contributed by atoms with Crippen molar-refractivity contribution in [2.45, 2.75) is 38.3 Å². The molecule has 1 aromatic carbocycles. The average Bonchev–Trinajstić information content (AvgIpc) is 3.02. The maximum absolute atomic E-state index is 12.1. The summed E-state index contributed by atoms with van der Waals surface area (Å²) >= 11 is 6.04. The maximum atomic E-state index is 12.1. The summed E-state index contributed by atoms with van der Waals surface area (Å²) in [4.78, 5) is 20.1. The second kappa shape index (κ2) is 7.64. The normalized spacial score (nSPS) is 24.5. The van der Waals surface area contributed by atoms with Crippen LogP contribution in [0.3, 0.4) is 0 Å². The van der Waals surface area contributed by atoms with Gasteiger partial charge in [-0.2, -0.15) is 5.17 Å². The molecular weight excluding hydrogens is 340 g/mol. The molecule has 25 heavy (non-hydrogen) atoms. The van der Waals surface area contributed by atoms with Crippen molar-refractivity contribution < 1.29 is 9.63 Å². The molecule has 2 aliphatic rings. The highest BCUT2D eigenvalue weighted by atomic mass is 35.5. The molecule has 6 nitrogen and oxygen atoms in total. The summed E-state index contributed by atoms with van der Waals surface area (Å²) in [6.07, 6.45) is 5.04. The first-order chi connectivity index (χ1) is 12.1. The Bertz CT molecular complexity index is 649. The van der Waals surface area contributed by atoms with Gasteiger partial charge in [0, 0.05) is 11.1 Å². The number of hydrogen-bond donors (Lipinski definition) is 1. The first-order valence-electron chi connectivity index (χ1n) is 8.70. The lowest BCUT2D eigenvalue weighted by Gasteiger charge is -2.44. The zero-order valence-electron chi connectivity index (χ0n) is 14.7. The lowest BCUT2D eigenvalue weighted by atomic mass is 9.90. The summed E-state index contributed by atoms with van der Waals surface area (Å²) in [5.74, 6) is -0.412. The van der Waals surface area contributed by atoms with Gasteiger partial charge in [-0.15, -0.1) is 0 Å². The predicted octanol–water partition coefficient (Wildman–Crippen LogP) is 2.55. The molecule has 1 fully saturated rings. The molecule has 1 amide bonds. The number of primary amides is 1. The van der Waals surface area contributed by atoms with Crippen LogP contribution in [0.5, 0.6) is 0 Å². The molecule has 3 rings (SSSR count). The molecule has 2 N–H and O–H groups in total. The number of piperidine rings is 1. The standard InChI is InChI=1S/C18H25ClN4O2/c1-3-21-11-5-4-6-16(21)17-15(18(20)24)12-22(25-2)23(17)14-9-7-13(19)8-10-14/h7-10,12,16-17H,3-6,11H2,1-2H3,(H2,20,24). The molecule has 0 bridgehead atoms. The number of nitrogens with two attached hydrogens (primary N) is 1. The van der Waals surface area contributed by atoms with Crippen molar-refractivity contribution in [1.82, 2.24) is 10.1 Å². The van der Waals surface area contributed by atoms with Gasteiger partial charge in [0.1, 0.15) is 6.04 Å². The summed E-state index contributed by atoms with van der Waals surface area (Å²) < 4.78 is 0. The minimum absolute atomic E-state index is 0.182. The third-order valence-electron chi connectivity index (χ3n) is 5.04. The second-order valence-corrected chi connectivity index (χ2v) is 6.83. The molecule has 2 atom stereocenters. The van der Waals surface area contributed by atoms with Gasteiger partial charge in [0.25, 0.3) is 0 Å². The third kappa shape index (κ3) is 3.47. The van der Waals surface area contributed by atoms with E-state index >= 15 is 0 Å². The number of amides is 1. The van der Waals surface area contributed by atoms with Gasteiger partial charge in [-0.05, 0) is 50.2 Å². The van der Waals surface area contributed by atoms with Crippen LogP contribution >= 0.6 is 11.6 Å². The van der Waals surface area contributed by atoms with Gasteiger partial charge in [0.2, 0.25) is 5.91 Å². The van der Waals surface area contributed by atoms with Gasteiger partial charge >= 0.3 is 0 Å². The van der Waals surface area contributed by atoms with Crippen LogP contribution in [0.4, 0.5) is 5.69 Å². The van der Waals surface area contributed by atoms with Crippen molar-refractivity contribution >= 4 is 23.2 Å². The number of rotatable bonds is 5. The Morgan fingerprint density at radius 1 is 1.32 bits per heavy atom. The lowest BCUT2D eigenvalue weighted by molar-refractivity contribution is -0.115. The molecular formula is C18H25ClN4O2. The van der Waals surface area contributed by atoms with Crippen LogP contribution in [0.2, 0.25) is 5.02 Å². The fraction of sp³-hybridized carbons (Fsp3) is 0.500. The van der Waals surface area contributed by atoms with E-state index in [1.165, 1.54) is 6.42 Å². The Labute approximate surface area is 153 Å². The second-order valence-electron chi connectivity index (χ2n) is 6.39. The minimum Gasteiger partial charge on any atom is -0.366 e. The van der Waals surface area contributed by atoms with E-state index in [1.807, 2.05) is 29.3 Å². The van der Waals surface area contributed by atoms with Crippen molar-refractivity contribution in [1.29, 1.82) is 0 Å². The van der Waals surface area contributed by atoms with Crippen molar-refractivity contribution in [2.24, 2.45) is 5.73 Å². The fourth-order valence-electron chi connectivity index (χ4n) is 3.87. The van der Waals surface area contributed by atoms with E-state index in [0.29, 0.717) is 10.6 Å². The first kappa shape index (κ1) is 18.0. The topological polar surface area (TPSA) is 62.0 Å². The highest BCUT2D eigenvalue weighted by Crippen LogP contribution is 2.36. The lowest BCUT2D eigenvalue weighted by Crippen LogP contribution is -2.56. The summed E-state index contributed by atoms with van der Waals surface area (Å²) in [6.45, 7) is 4.13. The molecule has 0 saturated carbocycles. The zero-order chi connectivity index (χ0) is 18.0. The van der Waals surface area contributed by atoms with Crippen LogP contribution in [0.25, 0.3) is 0 Å². The number of hydrogen-bond acceptors (Lipinski definition) is 5. The molecule has 136 valence electrons. The summed E-state index contributed by atoms with van der Waals surface area (Å²) in [5, 5.41) is 4.25. The minimum atomic E-state index is -0.412. The predicted molar refractivity (Wildman–Crippen MR) is 98.7 cm³/mol. The number of hydrazine groups is 1. The summed E-state index contributed by atoms with van der Waals surface area (Å²) in [7, 11) is 1.58. The maximum Gasteiger partial charge on any atom is 0.248 e. The highest BCUT2D eigenvalue weighted by Gasteiger charge is 2.44. The van der Waals surface area contributed by atoms with E-state index in [-0.39, 0.29) is 12.1 Å². The van der Waals surface area contributed by atoms with Gasteiger partial charge in [-0.25, -0.2) is 0 Å².